The van der Waals surface area contributed by atoms with Gasteiger partial charge in [-0.15, -0.1) is 0 Å². The Labute approximate surface area is 183 Å². The molecule has 0 aliphatic carbocycles. The zero-order chi connectivity index (χ0) is 23.7. The topological polar surface area (TPSA) is 80.3 Å². The Kier molecular flexibility index (Phi) is 8.89. The van der Waals surface area contributed by atoms with Crippen LogP contribution in [0, 0.1) is 0 Å². The number of hydrogen-bond donors (Lipinski definition) is 0. The normalized spacial score (nSPS) is 12.1. The fourth-order valence-corrected chi connectivity index (χ4v) is 2.67. The van der Waals surface area contributed by atoms with Crippen LogP contribution in [0.4, 0.5) is 18.0 Å². The molecule has 0 spiro atoms. The minimum atomic E-state index is -4.45. The molecule has 10 heteroatoms. The predicted molar refractivity (Wildman–Crippen MR) is 107 cm³/mol. The highest BCUT2D eigenvalue weighted by molar-refractivity contribution is 5.97. The van der Waals surface area contributed by atoms with Crippen molar-refractivity contribution in [2.45, 2.75) is 25.8 Å². The summed E-state index contributed by atoms with van der Waals surface area (Å²) < 4.78 is 64.1. The number of benzene rings is 2. The summed E-state index contributed by atoms with van der Waals surface area (Å²) in [6.45, 7) is 1.15. The molecule has 0 fully saturated rings. The number of ketones is 1. The van der Waals surface area contributed by atoms with Crippen molar-refractivity contribution in [2.24, 2.45) is 0 Å². The van der Waals surface area contributed by atoms with Gasteiger partial charge in [0, 0.05) is 7.11 Å². The average Bonchev–Trinajstić information content (AvgIpc) is 2.75. The fourth-order valence-electron chi connectivity index (χ4n) is 2.67. The highest BCUT2D eigenvalue weighted by Crippen LogP contribution is 2.30. The summed E-state index contributed by atoms with van der Waals surface area (Å²) in [7, 11) is 2.59. The van der Waals surface area contributed by atoms with Crippen molar-refractivity contribution >= 4 is 11.9 Å². The van der Waals surface area contributed by atoms with Crippen LogP contribution in [0.15, 0.2) is 42.5 Å². The number of hydrogen-bond acceptors (Lipinski definition) is 7. The van der Waals surface area contributed by atoms with Crippen LogP contribution in [-0.2, 0) is 27.0 Å². The van der Waals surface area contributed by atoms with Gasteiger partial charge in [0.25, 0.3) is 0 Å². The maximum Gasteiger partial charge on any atom is 0.508 e. The zero-order valence-corrected chi connectivity index (χ0v) is 17.7. The first-order valence-corrected chi connectivity index (χ1v) is 9.44. The van der Waals surface area contributed by atoms with Gasteiger partial charge in [-0.2, -0.15) is 13.2 Å². The summed E-state index contributed by atoms with van der Waals surface area (Å²) in [5, 5.41) is 0. The first-order chi connectivity index (χ1) is 15.1. The molecule has 2 aromatic carbocycles. The van der Waals surface area contributed by atoms with E-state index in [1.165, 1.54) is 51.5 Å². The van der Waals surface area contributed by atoms with Crippen molar-refractivity contribution < 1.29 is 46.4 Å². The lowest BCUT2D eigenvalue weighted by Crippen LogP contribution is -2.29. The van der Waals surface area contributed by atoms with Gasteiger partial charge in [-0.25, -0.2) is 4.79 Å². The van der Waals surface area contributed by atoms with Crippen LogP contribution in [-0.4, -0.2) is 45.5 Å². The molecule has 174 valence electrons. The summed E-state index contributed by atoms with van der Waals surface area (Å²) in [5.74, 6) is 0.180. The van der Waals surface area contributed by atoms with Gasteiger partial charge < -0.3 is 23.7 Å². The summed E-state index contributed by atoms with van der Waals surface area (Å²) in [4.78, 5) is 23.4. The first-order valence-electron chi connectivity index (χ1n) is 9.44. The van der Waals surface area contributed by atoms with Crippen LogP contribution in [0.2, 0.25) is 0 Å². The Hall–Kier alpha value is -3.27. The second kappa shape index (κ2) is 11.4. The van der Waals surface area contributed by atoms with Gasteiger partial charge in [0.2, 0.25) is 0 Å². The van der Waals surface area contributed by atoms with Crippen LogP contribution in [0.5, 0.6) is 11.5 Å². The lowest BCUT2D eigenvalue weighted by Gasteiger charge is -2.18. The lowest BCUT2D eigenvalue weighted by atomic mass is 10.1. The summed E-state index contributed by atoms with van der Waals surface area (Å²) in [6, 6.07) is 9.22. The van der Waals surface area contributed by atoms with E-state index in [-0.39, 0.29) is 42.7 Å². The van der Waals surface area contributed by atoms with Crippen molar-refractivity contribution in [3.63, 3.8) is 0 Å². The monoisotopic (exact) mass is 456 g/mol. The van der Waals surface area contributed by atoms with E-state index in [0.29, 0.717) is 5.56 Å². The van der Waals surface area contributed by atoms with Gasteiger partial charge in [-0.1, -0.05) is 12.1 Å². The molecule has 2 aromatic rings. The molecule has 0 aromatic heterocycles. The summed E-state index contributed by atoms with van der Waals surface area (Å²) in [5.41, 5.74) is -0.251. The largest absolute Gasteiger partial charge is 0.508 e. The van der Waals surface area contributed by atoms with E-state index in [9.17, 15) is 22.8 Å². The number of halogens is 3. The van der Waals surface area contributed by atoms with Crippen LogP contribution >= 0.6 is 0 Å². The molecule has 0 aliphatic rings. The third-order valence-electron chi connectivity index (χ3n) is 4.20. The molecule has 0 radical (unpaired) electrons. The van der Waals surface area contributed by atoms with Crippen LogP contribution < -0.4 is 9.47 Å². The van der Waals surface area contributed by atoms with Crippen LogP contribution in [0.3, 0.4) is 0 Å². The van der Waals surface area contributed by atoms with Crippen molar-refractivity contribution in [2.75, 3.05) is 27.4 Å². The Balaban J connectivity index is 2.09. The molecule has 0 heterocycles. The van der Waals surface area contributed by atoms with Gasteiger partial charge in [-0.3, -0.25) is 4.79 Å². The number of rotatable bonds is 10. The second-order valence-corrected chi connectivity index (χ2v) is 6.66. The third kappa shape index (κ3) is 7.45. The zero-order valence-electron chi connectivity index (χ0n) is 17.7. The standard InChI is InChI=1S/C22H23F3O7/c1-14(26)19-10-17(30-11-15-5-4-6-16(9-15)22(23,24)25)7-8-20(19)31-13-18(12-28-2)32-21(27)29-3/h4-10,18H,11-13H2,1-3H3/t18-/m1/s1. The maximum atomic E-state index is 12.9. The average molecular weight is 456 g/mol. The number of ether oxygens (including phenoxy) is 5. The van der Waals surface area contributed by atoms with Crippen molar-refractivity contribution in [1.29, 1.82) is 0 Å². The van der Waals surface area contributed by atoms with Gasteiger partial charge in [0.15, 0.2) is 11.9 Å². The Bertz CT molecular complexity index is 928. The molecule has 7 nitrogen and oxygen atoms in total. The highest BCUT2D eigenvalue weighted by Gasteiger charge is 2.30. The maximum absolute atomic E-state index is 12.9. The minimum Gasteiger partial charge on any atom is -0.489 e. The van der Waals surface area contributed by atoms with Gasteiger partial charge in [0.1, 0.15) is 24.7 Å². The van der Waals surface area contributed by atoms with Crippen molar-refractivity contribution in [1.82, 2.24) is 0 Å². The number of Topliss-reactive ketones (excluding diaryl/α,β-unsaturated/α-hetero) is 1. The molecule has 0 bridgehead atoms. The molecule has 1 atom stereocenters. The first kappa shape index (κ1) is 25.0. The summed E-state index contributed by atoms with van der Waals surface area (Å²) >= 11 is 0. The number of methoxy groups -OCH3 is 2. The summed E-state index contributed by atoms with van der Waals surface area (Å²) in [6.07, 6.45) is -6.13. The van der Waals surface area contributed by atoms with E-state index >= 15 is 0 Å². The molecule has 32 heavy (non-hydrogen) atoms. The van der Waals surface area contributed by atoms with Gasteiger partial charge >= 0.3 is 12.3 Å². The smallest absolute Gasteiger partial charge is 0.489 e. The highest BCUT2D eigenvalue weighted by atomic mass is 19.4. The number of carbonyl (C=O) groups is 2. The minimum absolute atomic E-state index is 0.0443. The quantitative estimate of drug-likeness (QED) is 0.380. The Morgan fingerprint density at radius 2 is 1.75 bits per heavy atom. The third-order valence-corrected chi connectivity index (χ3v) is 4.20. The van der Waals surface area contributed by atoms with Crippen molar-refractivity contribution in [3.05, 3.63) is 59.2 Å². The van der Waals surface area contributed by atoms with Crippen molar-refractivity contribution in [3.8, 4) is 11.5 Å². The Morgan fingerprint density at radius 3 is 2.38 bits per heavy atom. The Morgan fingerprint density at radius 1 is 1.00 bits per heavy atom. The van der Waals surface area contributed by atoms with E-state index in [2.05, 4.69) is 4.74 Å². The molecule has 0 aliphatic heterocycles. The molecule has 0 N–H and O–H groups in total. The fraction of sp³-hybridized carbons (Fsp3) is 0.364. The van der Waals surface area contributed by atoms with E-state index in [0.717, 1.165) is 12.1 Å². The SMILES string of the molecule is COC[C@H](COc1ccc(OCc2cccc(C(F)(F)F)c2)cc1C(C)=O)OC(=O)OC. The van der Waals surface area contributed by atoms with E-state index in [1.807, 2.05) is 0 Å². The van der Waals surface area contributed by atoms with Gasteiger partial charge in [0.05, 0.1) is 24.8 Å². The molecule has 0 saturated carbocycles. The van der Waals surface area contributed by atoms with E-state index < -0.39 is 24.0 Å². The van der Waals surface area contributed by atoms with E-state index in [1.54, 1.807) is 0 Å². The molecule has 0 saturated heterocycles. The number of alkyl halides is 3. The number of carbonyl (C=O) groups excluding carboxylic acids is 2. The van der Waals surface area contributed by atoms with Gasteiger partial charge in [-0.05, 0) is 42.8 Å². The second-order valence-electron chi connectivity index (χ2n) is 6.66. The predicted octanol–water partition coefficient (Wildman–Crippen LogP) is 4.66. The molecular formula is C22H23F3O7. The molecular weight excluding hydrogens is 433 g/mol. The molecule has 0 amide bonds. The molecule has 0 unspecified atom stereocenters. The van der Waals surface area contributed by atoms with Crippen LogP contribution in [0.1, 0.15) is 28.4 Å². The molecule has 2 rings (SSSR count). The van der Waals surface area contributed by atoms with Crippen LogP contribution in [0.25, 0.3) is 0 Å². The lowest BCUT2D eigenvalue weighted by molar-refractivity contribution is -0.137. The van der Waals surface area contributed by atoms with E-state index in [4.69, 9.17) is 18.9 Å².